The summed E-state index contributed by atoms with van der Waals surface area (Å²) >= 11 is 7.64. The lowest BCUT2D eigenvalue weighted by Crippen LogP contribution is -2.52. The van der Waals surface area contributed by atoms with Crippen LogP contribution in [0.3, 0.4) is 0 Å². The molecule has 0 aliphatic carbocycles. The van der Waals surface area contributed by atoms with Crippen LogP contribution in [0.15, 0.2) is 41.7 Å². The first-order valence-electron chi connectivity index (χ1n) is 8.43. The SMILES string of the molecule is CSc1cncnc1N1CCN(C(c2ccc(Cl)cc2)[C@@H](N)C=O)CC1. The molecule has 26 heavy (non-hydrogen) atoms. The first kappa shape index (κ1) is 19.1. The van der Waals surface area contributed by atoms with Gasteiger partial charge in [0.25, 0.3) is 0 Å². The normalized spacial score (nSPS) is 17.7. The van der Waals surface area contributed by atoms with Gasteiger partial charge in [-0.3, -0.25) is 4.90 Å². The van der Waals surface area contributed by atoms with Crippen LogP contribution in [0.25, 0.3) is 0 Å². The van der Waals surface area contributed by atoms with E-state index in [1.807, 2.05) is 36.7 Å². The largest absolute Gasteiger partial charge is 0.353 e. The maximum absolute atomic E-state index is 11.4. The maximum atomic E-state index is 11.4. The number of rotatable bonds is 6. The fourth-order valence-electron chi connectivity index (χ4n) is 3.31. The van der Waals surface area contributed by atoms with Gasteiger partial charge in [0.05, 0.1) is 17.0 Å². The Morgan fingerprint density at radius 1 is 1.23 bits per heavy atom. The Morgan fingerprint density at radius 2 is 1.92 bits per heavy atom. The molecular formula is C18H22ClN5OS. The molecule has 8 heteroatoms. The summed E-state index contributed by atoms with van der Waals surface area (Å²) < 4.78 is 0. The number of benzene rings is 1. The first-order valence-corrected chi connectivity index (χ1v) is 10.0. The number of nitrogens with zero attached hydrogens (tertiary/aromatic N) is 4. The van der Waals surface area contributed by atoms with Crippen molar-refractivity contribution in [3.8, 4) is 0 Å². The number of halogens is 1. The summed E-state index contributed by atoms with van der Waals surface area (Å²) in [6.45, 7) is 3.24. The molecule has 0 amide bonds. The summed E-state index contributed by atoms with van der Waals surface area (Å²) in [6, 6.07) is 6.82. The number of aldehydes is 1. The number of anilines is 1. The molecule has 0 bridgehead atoms. The van der Waals surface area contributed by atoms with E-state index in [9.17, 15) is 4.79 Å². The average Bonchev–Trinajstić information content (AvgIpc) is 2.70. The zero-order chi connectivity index (χ0) is 18.5. The van der Waals surface area contributed by atoms with Gasteiger partial charge in [0, 0.05) is 37.4 Å². The van der Waals surface area contributed by atoms with Crippen molar-refractivity contribution in [3.63, 3.8) is 0 Å². The quantitative estimate of drug-likeness (QED) is 0.597. The lowest BCUT2D eigenvalue weighted by Gasteiger charge is -2.41. The molecule has 2 atom stereocenters. The second-order valence-electron chi connectivity index (χ2n) is 6.15. The molecule has 1 aromatic carbocycles. The second kappa shape index (κ2) is 8.81. The predicted octanol–water partition coefficient (Wildman–Crippen LogP) is 2.24. The van der Waals surface area contributed by atoms with Crippen LogP contribution in [0, 0.1) is 0 Å². The Kier molecular flexibility index (Phi) is 6.48. The van der Waals surface area contributed by atoms with Gasteiger partial charge in [0.15, 0.2) is 0 Å². The highest BCUT2D eigenvalue weighted by molar-refractivity contribution is 7.98. The van der Waals surface area contributed by atoms with E-state index in [0.717, 1.165) is 48.7 Å². The average molecular weight is 392 g/mol. The van der Waals surface area contributed by atoms with E-state index >= 15 is 0 Å². The number of hydrogen-bond acceptors (Lipinski definition) is 7. The monoisotopic (exact) mass is 391 g/mol. The third-order valence-electron chi connectivity index (χ3n) is 4.62. The molecule has 2 heterocycles. The number of aromatic nitrogens is 2. The molecule has 2 aromatic rings. The minimum absolute atomic E-state index is 0.155. The van der Waals surface area contributed by atoms with Crippen molar-refractivity contribution in [3.05, 3.63) is 47.4 Å². The van der Waals surface area contributed by atoms with Crippen molar-refractivity contribution in [1.29, 1.82) is 0 Å². The van der Waals surface area contributed by atoms with Gasteiger partial charge in [0.2, 0.25) is 0 Å². The molecule has 6 nitrogen and oxygen atoms in total. The summed E-state index contributed by atoms with van der Waals surface area (Å²) in [4.78, 5) is 25.5. The van der Waals surface area contributed by atoms with Gasteiger partial charge in [-0.25, -0.2) is 9.97 Å². The smallest absolute Gasteiger partial charge is 0.145 e. The highest BCUT2D eigenvalue weighted by Gasteiger charge is 2.30. The van der Waals surface area contributed by atoms with Gasteiger partial charge < -0.3 is 15.4 Å². The van der Waals surface area contributed by atoms with Crippen LogP contribution < -0.4 is 10.6 Å². The van der Waals surface area contributed by atoms with Gasteiger partial charge in [-0.15, -0.1) is 11.8 Å². The molecule has 2 N–H and O–H groups in total. The Hall–Kier alpha value is -1.67. The van der Waals surface area contributed by atoms with Crippen molar-refractivity contribution in [2.75, 3.05) is 37.3 Å². The van der Waals surface area contributed by atoms with E-state index < -0.39 is 6.04 Å². The molecule has 0 spiro atoms. The minimum atomic E-state index is -0.580. The van der Waals surface area contributed by atoms with Gasteiger partial charge >= 0.3 is 0 Å². The molecule has 1 saturated heterocycles. The van der Waals surface area contributed by atoms with Crippen LogP contribution in [0.5, 0.6) is 0 Å². The van der Waals surface area contributed by atoms with E-state index in [2.05, 4.69) is 19.8 Å². The van der Waals surface area contributed by atoms with Gasteiger partial charge in [-0.1, -0.05) is 23.7 Å². The number of carbonyl (C=O) groups is 1. The number of hydrogen-bond donors (Lipinski definition) is 1. The Labute approximate surface area is 162 Å². The van der Waals surface area contributed by atoms with Gasteiger partial charge in [-0.2, -0.15) is 0 Å². The van der Waals surface area contributed by atoms with Crippen LogP contribution in [0.4, 0.5) is 5.82 Å². The van der Waals surface area contributed by atoms with Crippen LogP contribution in [-0.4, -0.2) is 59.6 Å². The highest BCUT2D eigenvalue weighted by atomic mass is 35.5. The van der Waals surface area contributed by atoms with Crippen LogP contribution in [-0.2, 0) is 4.79 Å². The third-order valence-corrected chi connectivity index (χ3v) is 5.60. The summed E-state index contributed by atoms with van der Waals surface area (Å²) in [6.07, 6.45) is 6.28. The molecule has 1 unspecified atom stereocenters. The molecule has 1 fully saturated rings. The summed E-state index contributed by atoms with van der Waals surface area (Å²) in [5, 5.41) is 0.672. The fourth-order valence-corrected chi connectivity index (χ4v) is 3.97. The zero-order valence-corrected chi connectivity index (χ0v) is 16.2. The van der Waals surface area contributed by atoms with Crippen molar-refractivity contribution in [2.24, 2.45) is 5.73 Å². The Morgan fingerprint density at radius 3 is 2.54 bits per heavy atom. The Bertz CT molecular complexity index is 737. The molecule has 0 saturated carbocycles. The summed E-state index contributed by atoms with van der Waals surface area (Å²) in [5.41, 5.74) is 7.14. The maximum Gasteiger partial charge on any atom is 0.145 e. The second-order valence-corrected chi connectivity index (χ2v) is 7.43. The zero-order valence-electron chi connectivity index (χ0n) is 14.6. The van der Waals surface area contributed by atoms with Crippen molar-refractivity contribution < 1.29 is 4.79 Å². The summed E-state index contributed by atoms with van der Waals surface area (Å²) in [7, 11) is 0. The fraction of sp³-hybridized carbons (Fsp3) is 0.389. The van der Waals surface area contributed by atoms with Crippen LogP contribution in [0.2, 0.25) is 5.02 Å². The molecular weight excluding hydrogens is 370 g/mol. The molecule has 0 radical (unpaired) electrons. The van der Waals surface area contributed by atoms with E-state index in [-0.39, 0.29) is 6.04 Å². The number of piperazine rings is 1. The third kappa shape index (κ3) is 4.17. The Balaban J connectivity index is 1.75. The molecule has 1 aromatic heterocycles. The standard InChI is InChI=1S/C18H22ClN5OS/c1-26-16-10-21-12-22-18(16)24-8-6-23(7-9-24)17(15(20)11-25)13-2-4-14(19)5-3-13/h2-5,10-12,15,17H,6-9,20H2,1H3/t15-,17?/m0/s1. The topological polar surface area (TPSA) is 75.3 Å². The van der Waals surface area contributed by atoms with E-state index in [1.165, 1.54) is 0 Å². The highest BCUT2D eigenvalue weighted by Crippen LogP contribution is 2.29. The summed E-state index contributed by atoms with van der Waals surface area (Å²) in [5.74, 6) is 0.967. The van der Waals surface area contributed by atoms with Crippen molar-refractivity contribution >= 4 is 35.5 Å². The molecule has 1 aliphatic heterocycles. The minimum Gasteiger partial charge on any atom is -0.353 e. The lowest BCUT2D eigenvalue weighted by atomic mass is 9.98. The van der Waals surface area contributed by atoms with E-state index in [1.54, 1.807) is 18.1 Å². The van der Waals surface area contributed by atoms with Crippen molar-refractivity contribution in [1.82, 2.24) is 14.9 Å². The predicted molar refractivity (Wildman–Crippen MR) is 106 cm³/mol. The first-order chi connectivity index (χ1) is 12.6. The lowest BCUT2D eigenvalue weighted by molar-refractivity contribution is -0.110. The van der Waals surface area contributed by atoms with E-state index in [4.69, 9.17) is 17.3 Å². The molecule has 138 valence electrons. The molecule has 1 aliphatic rings. The number of nitrogens with two attached hydrogens (primary N) is 1. The number of carbonyl (C=O) groups excluding carboxylic acids is 1. The molecule has 3 rings (SSSR count). The van der Waals surface area contributed by atoms with Crippen LogP contribution in [0.1, 0.15) is 11.6 Å². The van der Waals surface area contributed by atoms with Gasteiger partial charge in [0.1, 0.15) is 18.4 Å². The van der Waals surface area contributed by atoms with Gasteiger partial charge in [-0.05, 0) is 24.0 Å². The number of thioether (sulfide) groups is 1. The van der Waals surface area contributed by atoms with E-state index in [0.29, 0.717) is 5.02 Å². The van der Waals surface area contributed by atoms with Crippen molar-refractivity contribution in [2.45, 2.75) is 17.0 Å². The van der Waals surface area contributed by atoms with Crippen LogP contribution >= 0.6 is 23.4 Å².